The molecule has 3 nitrogen and oxygen atoms in total. The highest BCUT2D eigenvalue weighted by Gasteiger charge is 2.41. The molecular weight excluding hydrogens is 292 g/mol. The van der Waals surface area contributed by atoms with Gasteiger partial charge in [0.15, 0.2) is 14.4 Å². The fourth-order valence-corrected chi connectivity index (χ4v) is 2.86. The van der Waals surface area contributed by atoms with Crippen molar-refractivity contribution in [2.45, 2.75) is 51.9 Å². The molecule has 122 valence electrons. The Kier molecular flexibility index (Phi) is 6.14. The van der Waals surface area contributed by atoms with Gasteiger partial charge in [-0.15, -0.1) is 0 Å². The predicted molar refractivity (Wildman–Crippen MR) is 93.4 cm³/mol. The zero-order chi connectivity index (χ0) is 17.0. The van der Waals surface area contributed by atoms with Crippen LogP contribution in [-0.4, -0.2) is 20.9 Å². The van der Waals surface area contributed by atoms with Gasteiger partial charge in [0, 0.05) is 0 Å². The maximum atomic E-state index is 12.4. The first kappa shape index (κ1) is 18.7. The van der Waals surface area contributed by atoms with E-state index in [1.807, 2.05) is 31.2 Å². The average molecular weight is 321 g/mol. The standard InChI is InChI=1S/C18H28O3Si/c1-8-13-20-17(19)16(15-11-9-14(2)10-12-15)21-22(6,7)18(3,4)5/h8-12,16H,1,13H2,2-7H3. The molecule has 0 spiro atoms. The lowest BCUT2D eigenvalue weighted by atomic mass is 10.1. The van der Waals surface area contributed by atoms with Crippen LogP contribution in [0.25, 0.3) is 0 Å². The van der Waals surface area contributed by atoms with Crippen molar-refractivity contribution < 1.29 is 14.0 Å². The topological polar surface area (TPSA) is 35.5 Å². The van der Waals surface area contributed by atoms with Gasteiger partial charge in [-0.25, -0.2) is 4.79 Å². The second-order valence-electron chi connectivity index (χ2n) is 7.09. The summed E-state index contributed by atoms with van der Waals surface area (Å²) in [7, 11) is -2.09. The van der Waals surface area contributed by atoms with E-state index in [2.05, 4.69) is 40.4 Å². The van der Waals surface area contributed by atoms with Crippen LogP contribution in [0.5, 0.6) is 0 Å². The number of rotatable bonds is 6. The highest BCUT2D eigenvalue weighted by Crippen LogP contribution is 2.40. The summed E-state index contributed by atoms with van der Waals surface area (Å²) in [5, 5.41) is 0.0225. The van der Waals surface area contributed by atoms with Crippen LogP contribution < -0.4 is 0 Å². The summed E-state index contributed by atoms with van der Waals surface area (Å²) < 4.78 is 11.6. The molecular formula is C18H28O3Si. The van der Waals surface area contributed by atoms with Gasteiger partial charge in [-0.2, -0.15) is 0 Å². The van der Waals surface area contributed by atoms with Crippen LogP contribution in [0.4, 0.5) is 0 Å². The summed E-state index contributed by atoms with van der Waals surface area (Å²) in [4.78, 5) is 12.4. The van der Waals surface area contributed by atoms with Crippen molar-refractivity contribution in [3.05, 3.63) is 48.0 Å². The summed E-state index contributed by atoms with van der Waals surface area (Å²) in [5.74, 6) is -0.353. The zero-order valence-corrected chi connectivity index (χ0v) is 15.6. The van der Waals surface area contributed by atoms with Gasteiger partial charge in [-0.1, -0.05) is 63.3 Å². The number of hydrogen-bond donors (Lipinski definition) is 0. The number of carbonyl (C=O) groups excluding carboxylic acids is 1. The molecule has 1 atom stereocenters. The summed E-state index contributed by atoms with van der Waals surface area (Å²) in [6, 6.07) is 7.83. The van der Waals surface area contributed by atoms with Gasteiger partial charge >= 0.3 is 5.97 Å². The maximum absolute atomic E-state index is 12.4. The van der Waals surface area contributed by atoms with E-state index in [1.54, 1.807) is 6.08 Å². The van der Waals surface area contributed by atoms with Crippen LogP contribution in [0.15, 0.2) is 36.9 Å². The predicted octanol–water partition coefficient (Wildman–Crippen LogP) is 4.79. The van der Waals surface area contributed by atoms with Gasteiger partial charge in [0.1, 0.15) is 6.61 Å². The fourth-order valence-electron chi connectivity index (χ4n) is 1.68. The van der Waals surface area contributed by atoms with Gasteiger partial charge < -0.3 is 9.16 Å². The Bertz CT molecular complexity index is 512. The van der Waals surface area contributed by atoms with Crippen LogP contribution in [-0.2, 0) is 14.0 Å². The number of aryl methyl sites for hydroxylation is 1. The minimum atomic E-state index is -2.09. The van der Waals surface area contributed by atoms with Gasteiger partial charge in [0.2, 0.25) is 0 Å². The molecule has 0 saturated heterocycles. The molecule has 0 radical (unpaired) electrons. The Balaban J connectivity index is 3.09. The third kappa shape index (κ3) is 4.82. The summed E-state index contributed by atoms with van der Waals surface area (Å²) >= 11 is 0. The normalized spacial score (nSPS) is 13.5. The van der Waals surface area contributed by atoms with Crippen molar-refractivity contribution in [2.75, 3.05) is 6.61 Å². The summed E-state index contributed by atoms with van der Waals surface area (Å²) in [5.41, 5.74) is 1.98. The minimum Gasteiger partial charge on any atom is -0.459 e. The number of benzene rings is 1. The molecule has 0 aliphatic heterocycles. The first-order valence-corrected chi connectivity index (χ1v) is 10.5. The number of carbonyl (C=O) groups is 1. The third-order valence-electron chi connectivity index (χ3n) is 4.16. The Morgan fingerprint density at radius 3 is 2.27 bits per heavy atom. The van der Waals surface area contributed by atoms with E-state index in [0.29, 0.717) is 0 Å². The molecule has 1 aromatic rings. The highest BCUT2D eigenvalue weighted by molar-refractivity contribution is 6.74. The van der Waals surface area contributed by atoms with Crippen molar-refractivity contribution >= 4 is 14.3 Å². The highest BCUT2D eigenvalue weighted by atomic mass is 28.4. The molecule has 4 heteroatoms. The van der Waals surface area contributed by atoms with Crippen LogP contribution in [0, 0.1) is 6.92 Å². The van der Waals surface area contributed by atoms with Gasteiger partial charge in [0.25, 0.3) is 0 Å². The van der Waals surface area contributed by atoms with Crippen molar-refractivity contribution in [1.82, 2.24) is 0 Å². The van der Waals surface area contributed by atoms with E-state index >= 15 is 0 Å². The average Bonchev–Trinajstić information content (AvgIpc) is 2.42. The molecule has 22 heavy (non-hydrogen) atoms. The lowest BCUT2D eigenvalue weighted by Gasteiger charge is -2.38. The molecule has 0 aliphatic carbocycles. The van der Waals surface area contributed by atoms with Crippen molar-refractivity contribution in [2.24, 2.45) is 0 Å². The molecule has 1 unspecified atom stereocenters. The quantitative estimate of drug-likeness (QED) is 0.429. The first-order valence-electron chi connectivity index (χ1n) is 7.60. The van der Waals surface area contributed by atoms with Crippen molar-refractivity contribution in [3.63, 3.8) is 0 Å². The lowest BCUT2D eigenvalue weighted by Crippen LogP contribution is -2.43. The number of esters is 1. The summed E-state index contributed by atoms with van der Waals surface area (Å²) in [6.07, 6.45) is 0.887. The molecule has 0 bridgehead atoms. The smallest absolute Gasteiger partial charge is 0.339 e. The van der Waals surface area contributed by atoms with Crippen LogP contribution >= 0.6 is 0 Å². The monoisotopic (exact) mass is 320 g/mol. The number of hydrogen-bond acceptors (Lipinski definition) is 3. The van der Waals surface area contributed by atoms with Crippen molar-refractivity contribution in [1.29, 1.82) is 0 Å². The van der Waals surface area contributed by atoms with E-state index < -0.39 is 14.4 Å². The maximum Gasteiger partial charge on any atom is 0.339 e. The Labute approximate surface area is 135 Å². The van der Waals surface area contributed by atoms with Gasteiger partial charge in [-0.05, 0) is 30.6 Å². The van der Waals surface area contributed by atoms with Gasteiger partial charge in [0.05, 0.1) is 0 Å². The van der Waals surface area contributed by atoms with E-state index in [0.717, 1.165) is 11.1 Å². The molecule has 0 fully saturated rings. The third-order valence-corrected chi connectivity index (χ3v) is 8.59. The second-order valence-corrected chi connectivity index (χ2v) is 11.8. The van der Waals surface area contributed by atoms with Crippen LogP contribution in [0.2, 0.25) is 18.1 Å². The van der Waals surface area contributed by atoms with Crippen molar-refractivity contribution in [3.8, 4) is 0 Å². The zero-order valence-electron chi connectivity index (χ0n) is 14.6. The Morgan fingerprint density at radius 1 is 1.27 bits per heavy atom. The van der Waals surface area contributed by atoms with E-state index in [9.17, 15) is 4.79 Å². The molecule has 0 saturated carbocycles. The second kappa shape index (κ2) is 7.25. The van der Waals surface area contributed by atoms with Crippen LogP contribution in [0.3, 0.4) is 0 Å². The Morgan fingerprint density at radius 2 is 1.82 bits per heavy atom. The molecule has 0 N–H and O–H groups in total. The molecule has 1 rings (SSSR count). The molecule has 1 aromatic carbocycles. The molecule has 0 heterocycles. The fraction of sp³-hybridized carbons (Fsp3) is 0.500. The lowest BCUT2D eigenvalue weighted by molar-refractivity contribution is -0.151. The molecule has 0 amide bonds. The number of ether oxygens (including phenoxy) is 1. The minimum absolute atomic E-state index is 0.0225. The van der Waals surface area contributed by atoms with Crippen LogP contribution in [0.1, 0.15) is 38.0 Å². The molecule has 0 aromatic heterocycles. The first-order chi connectivity index (χ1) is 10.1. The van der Waals surface area contributed by atoms with E-state index in [1.165, 1.54) is 0 Å². The summed E-state index contributed by atoms with van der Waals surface area (Å²) in [6.45, 7) is 16.5. The molecule has 0 aliphatic rings. The van der Waals surface area contributed by atoms with E-state index in [4.69, 9.17) is 9.16 Å². The SMILES string of the molecule is C=CCOC(=O)C(O[Si](C)(C)C(C)(C)C)c1ccc(C)cc1. The largest absolute Gasteiger partial charge is 0.459 e. The Hall–Kier alpha value is -1.39. The van der Waals surface area contributed by atoms with E-state index in [-0.39, 0.29) is 17.6 Å². The van der Waals surface area contributed by atoms with Gasteiger partial charge in [-0.3, -0.25) is 0 Å².